The van der Waals surface area contributed by atoms with Gasteiger partial charge in [-0.1, -0.05) is 37.3 Å². The van der Waals surface area contributed by atoms with Crippen LogP contribution in [-0.2, 0) is 0 Å². The van der Waals surface area contributed by atoms with E-state index in [1.54, 1.807) is 0 Å². The molecule has 4 heteroatoms. The Morgan fingerprint density at radius 3 is 2.47 bits per heavy atom. The first-order chi connectivity index (χ1) is 7.20. The molecule has 0 aliphatic rings. The van der Waals surface area contributed by atoms with Crippen molar-refractivity contribution in [1.29, 1.82) is 0 Å². The summed E-state index contributed by atoms with van der Waals surface area (Å²) in [7, 11) is 0. The molecule has 0 aromatic heterocycles. The molecule has 1 atom stereocenters. The normalized spacial score (nSPS) is 13.6. The van der Waals surface area contributed by atoms with Crippen LogP contribution in [0.15, 0.2) is 42.4 Å². The fraction of sp³-hybridized carbons (Fsp3) is 0.273. The number of hydrogen-bond acceptors (Lipinski definition) is 4. The predicted molar refractivity (Wildman–Crippen MR) is 62.0 cm³/mol. The summed E-state index contributed by atoms with van der Waals surface area (Å²) < 4.78 is 0. The molecule has 0 fully saturated rings. The van der Waals surface area contributed by atoms with E-state index in [9.17, 15) is 0 Å². The molecule has 4 nitrogen and oxygen atoms in total. The highest BCUT2D eigenvalue weighted by Gasteiger charge is 2.15. The SMILES string of the molecule is CCC(c1ccccc1)N(N)/C(N)=C/N. The Bertz CT molecular complexity index is 321. The summed E-state index contributed by atoms with van der Waals surface area (Å²) >= 11 is 0. The highest BCUT2D eigenvalue weighted by Crippen LogP contribution is 2.22. The van der Waals surface area contributed by atoms with Crippen molar-refractivity contribution in [2.45, 2.75) is 19.4 Å². The molecule has 0 aliphatic carbocycles. The van der Waals surface area contributed by atoms with Gasteiger partial charge in [0, 0.05) is 6.20 Å². The van der Waals surface area contributed by atoms with Gasteiger partial charge in [-0.05, 0) is 12.0 Å². The van der Waals surface area contributed by atoms with Crippen LogP contribution >= 0.6 is 0 Å². The van der Waals surface area contributed by atoms with Gasteiger partial charge in [0.05, 0.1) is 6.04 Å². The smallest absolute Gasteiger partial charge is 0.129 e. The molecular weight excluding hydrogens is 188 g/mol. The molecule has 0 radical (unpaired) electrons. The summed E-state index contributed by atoms with van der Waals surface area (Å²) in [6.07, 6.45) is 2.18. The Morgan fingerprint density at radius 1 is 1.40 bits per heavy atom. The number of nitrogens with two attached hydrogens (primary N) is 3. The van der Waals surface area contributed by atoms with Gasteiger partial charge < -0.3 is 11.5 Å². The molecule has 82 valence electrons. The van der Waals surface area contributed by atoms with E-state index >= 15 is 0 Å². The van der Waals surface area contributed by atoms with Crippen LogP contribution in [0.1, 0.15) is 24.9 Å². The average Bonchev–Trinajstić information content (AvgIpc) is 2.30. The lowest BCUT2D eigenvalue weighted by molar-refractivity contribution is 0.252. The van der Waals surface area contributed by atoms with Gasteiger partial charge in [0.15, 0.2) is 0 Å². The lowest BCUT2D eigenvalue weighted by Gasteiger charge is -2.28. The largest absolute Gasteiger partial charge is 0.402 e. The Labute approximate surface area is 90.3 Å². The minimum atomic E-state index is 0.0611. The molecule has 1 aromatic rings. The molecule has 0 saturated heterocycles. The first kappa shape index (κ1) is 11.4. The second-order valence-electron chi connectivity index (χ2n) is 3.33. The molecule has 6 N–H and O–H groups in total. The van der Waals surface area contributed by atoms with E-state index in [-0.39, 0.29) is 6.04 Å². The zero-order valence-electron chi connectivity index (χ0n) is 8.93. The van der Waals surface area contributed by atoms with Crippen molar-refractivity contribution in [1.82, 2.24) is 5.01 Å². The zero-order valence-corrected chi connectivity index (χ0v) is 8.93. The van der Waals surface area contributed by atoms with Gasteiger partial charge in [0.2, 0.25) is 0 Å². The van der Waals surface area contributed by atoms with E-state index in [4.69, 9.17) is 17.3 Å². The molecule has 0 spiro atoms. The molecular formula is C11H18N4. The maximum absolute atomic E-state index is 5.87. The van der Waals surface area contributed by atoms with Gasteiger partial charge in [-0.2, -0.15) is 0 Å². The molecule has 1 unspecified atom stereocenters. The Hall–Kier alpha value is -1.68. The molecule has 0 heterocycles. The van der Waals surface area contributed by atoms with Crippen LogP contribution in [0.3, 0.4) is 0 Å². The van der Waals surface area contributed by atoms with Crippen LogP contribution < -0.4 is 17.3 Å². The number of hydrazine groups is 1. The molecule has 0 saturated carbocycles. The maximum Gasteiger partial charge on any atom is 0.129 e. The van der Waals surface area contributed by atoms with Crippen molar-refractivity contribution < 1.29 is 0 Å². The molecule has 1 aromatic carbocycles. The van der Waals surface area contributed by atoms with Crippen molar-refractivity contribution in [3.63, 3.8) is 0 Å². The fourth-order valence-electron chi connectivity index (χ4n) is 1.53. The van der Waals surface area contributed by atoms with Gasteiger partial charge in [0.25, 0.3) is 0 Å². The van der Waals surface area contributed by atoms with Crippen LogP contribution in [0.4, 0.5) is 0 Å². The Balaban J connectivity index is 2.90. The number of hydrogen-bond donors (Lipinski definition) is 3. The monoisotopic (exact) mass is 206 g/mol. The van der Waals surface area contributed by atoms with Crippen LogP contribution in [-0.4, -0.2) is 5.01 Å². The molecule has 1 rings (SSSR count). The van der Waals surface area contributed by atoms with Gasteiger partial charge in [0.1, 0.15) is 5.82 Å². The fourth-order valence-corrected chi connectivity index (χ4v) is 1.53. The first-order valence-electron chi connectivity index (χ1n) is 4.97. The van der Waals surface area contributed by atoms with Crippen molar-refractivity contribution >= 4 is 0 Å². The van der Waals surface area contributed by atoms with Gasteiger partial charge >= 0.3 is 0 Å². The Kier molecular flexibility index (Phi) is 4.00. The standard InChI is InChI=1S/C11H18N4/c1-2-10(15(14)11(13)8-12)9-6-4-3-5-7-9/h3-8,10H,2,12-14H2,1H3/b11-8+. The lowest BCUT2D eigenvalue weighted by Crippen LogP contribution is -2.38. The van der Waals surface area contributed by atoms with Crippen molar-refractivity contribution in [3.8, 4) is 0 Å². The minimum Gasteiger partial charge on any atom is -0.402 e. The number of nitrogens with zero attached hydrogens (tertiary/aromatic N) is 1. The third-order valence-electron chi connectivity index (χ3n) is 2.38. The lowest BCUT2D eigenvalue weighted by atomic mass is 10.0. The summed E-state index contributed by atoms with van der Waals surface area (Å²) in [4.78, 5) is 0. The van der Waals surface area contributed by atoms with E-state index in [0.717, 1.165) is 12.0 Å². The number of rotatable bonds is 4. The van der Waals surface area contributed by atoms with E-state index in [2.05, 4.69) is 6.92 Å². The summed E-state index contributed by atoms with van der Waals surface area (Å²) in [5, 5.41) is 1.50. The summed E-state index contributed by atoms with van der Waals surface area (Å²) in [6, 6.07) is 10.0. The second-order valence-corrected chi connectivity index (χ2v) is 3.33. The summed E-state index contributed by atoms with van der Waals surface area (Å²) in [5.74, 6) is 6.25. The van der Waals surface area contributed by atoms with E-state index in [1.165, 1.54) is 11.2 Å². The Morgan fingerprint density at radius 2 is 2.00 bits per heavy atom. The molecule has 0 aliphatic heterocycles. The maximum atomic E-state index is 5.87. The van der Waals surface area contributed by atoms with Crippen LogP contribution in [0, 0.1) is 0 Å². The molecule has 15 heavy (non-hydrogen) atoms. The minimum absolute atomic E-state index is 0.0611. The average molecular weight is 206 g/mol. The third kappa shape index (κ3) is 2.63. The van der Waals surface area contributed by atoms with Crippen LogP contribution in [0.5, 0.6) is 0 Å². The zero-order chi connectivity index (χ0) is 11.3. The van der Waals surface area contributed by atoms with Crippen molar-refractivity contribution in [2.75, 3.05) is 0 Å². The van der Waals surface area contributed by atoms with E-state index in [0.29, 0.717) is 5.82 Å². The summed E-state index contributed by atoms with van der Waals surface area (Å²) in [6.45, 7) is 2.06. The molecule has 0 amide bonds. The predicted octanol–water partition coefficient (Wildman–Crippen LogP) is 1.03. The van der Waals surface area contributed by atoms with Crippen molar-refractivity contribution in [3.05, 3.63) is 47.9 Å². The summed E-state index contributed by atoms with van der Waals surface area (Å²) in [5.41, 5.74) is 12.1. The van der Waals surface area contributed by atoms with Gasteiger partial charge in [-0.3, -0.25) is 5.01 Å². The topological polar surface area (TPSA) is 81.3 Å². The highest BCUT2D eigenvalue weighted by atomic mass is 15.5. The van der Waals surface area contributed by atoms with Crippen LogP contribution in [0.2, 0.25) is 0 Å². The van der Waals surface area contributed by atoms with Crippen molar-refractivity contribution in [2.24, 2.45) is 17.3 Å². The van der Waals surface area contributed by atoms with Gasteiger partial charge in [-0.25, -0.2) is 5.84 Å². The highest BCUT2D eigenvalue weighted by molar-refractivity contribution is 5.19. The van der Waals surface area contributed by atoms with Crippen LogP contribution in [0.25, 0.3) is 0 Å². The second kappa shape index (κ2) is 5.26. The molecule has 0 bridgehead atoms. The van der Waals surface area contributed by atoms with Gasteiger partial charge in [-0.15, -0.1) is 0 Å². The first-order valence-corrected chi connectivity index (χ1v) is 4.97. The third-order valence-corrected chi connectivity index (χ3v) is 2.38. The number of benzene rings is 1. The quantitative estimate of drug-likeness (QED) is 0.507. The van der Waals surface area contributed by atoms with E-state index in [1.807, 2.05) is 30.3 Å². The van der Waals surface area contributed by atoms with E-state index < -0.39 is 0 Å².